The molecule has 0 bridgehead atoms. The summed E-state index contributed by atoms with van der Waals surface area (Å²) in [6.07, 6.45) is 0.0769. The molecule has 2 unspecified atom stereocenters. The number of carbonyl (C=O) groups is 2. The van der Waals surface area contributed by atoms with Gasteiger partial charge in [0.1, 0.15) is 0 Å². The summed E-state index contributed by atoms with van der Waals surface area (Å²) < 4.78 is 5.65. The summed E-state index contributed by atoms with van der Waals surface area (Å²) in [6, 6.07) is 7.09. The molecule has 0 aliphatic carbocycles. The molecule has 0 saturated carbocycles. The lowest BCUT2D eigenvalue weighted by Crippen LogP contribution is -2.48. The number of nitrogens with one attached hydrogen (secondary N) is 1. The van der Waals surface area contributed by atoms with Crippen LogP contribution in [0.5, 0.6) is 0 Å². The smallest absolute Gasteiger partial charge is 0.254 e. The lowest BCUT2D eigenvalue weighted by atomic mass is 10.1. The zero-order valence-corrected chi connectivity index (χ0v) is 13.6. The Hall–Kier alpha value is -1.88. The van der Waals surface area contributed by atoms with Crippen LogP contribution in [0.3, 0.4) is 0 Å². The zero-order valence-electron chi connectivity index (χ0n) is 13.6. The fourth-order valence-electron chi connectivity index (χ4n) is 2.54. The molecule has 1 heterocycles. The van der Waals surface area contributed by atoms with Crippen LogP contribution >= 0.6 is 0 Å². The number of benzene rings is 1. The minimum Gasteiger partial charge on any atom is -0.372 e. The van der Waals surface area contributed by atoms with Crippen molar-refractivity contribution in [1.82, 2.24) is 4.90 Å². The summed E-state index contributed by atoms with van der Waals surface area (Å²) in [7, 11) is 0. The second kappa shape index (κ2) is 6.92. The van der Waals surface area contributed by atoms with E-state index in [0.29, 0.717) is 24.3 Å². The van der Waals surface area contributed by atoms with Crippen molar-refractivity contribution >= 4 is 17.5 Å². The van der Waals surface area contributed by atoms with Gasteiger partial charge in [-0.25, -0.2) is 0 Å². The van der Waals surface area contributed by atoms with Crippen LogP contribution in [0.2, 0.25) is 0 Å². The first-order valence-corrected chi connectivity index (χ1v) is 7.72. The van der Waals surface area contributed by atoms with Gasteiger partial charge in [-0.2, -0.15) is 0 Å². The molecule has 1 aromatic rings. The van der Waals surface area contributed by atoms with Crippen LogP contribution in [0.4, 0.5) is 5.69 Å². The van der Waals surface area contributed by atoms with Gasteiger partial charge in [-0.05, 0) is 32.0 Å². The van der Waals surface area contributed by atoms with E-state index >= 15 is 0 Å². The Kier molecular flexibility index (Phi) is 5.19. The Labute approximate surface area is 131 Å². The Morgan fingerprint density at radius 2 is 1.86 bits per heavy atom. The predicted molar refractivity (Wildman–Crippen MR) is 85.8 cm³/mol. The maximum Gasteiger partial charge on any atom is 0.254 e. The Morgan fingerprint density at radius 3 is 2.45 bits per heavy atom. The summed E-state index contributed by atoms with van der Waals surface area (Å²) in [5.41, 5.74) is 1.24. The number of rotatable bonds is 3. The van der Waals surface area contributed by atoms with Crippen molar-refractivity contribution in [3.63, 3.8) is 0 Å². The van der Waals surface area contributed by atoms with E-state index in [9.17, 15) is 9.59 Å². The molecule has 1 aliphatic rings. The van der Waals surface area contributed by atoms with Crippen LogP contribution < -0.4 is 5.32 Å². The average molecular weight is 304 g/mol. The third-order valence-electron chi connectivity index (χ3n) is 3.61. The van der Waals surface area contributed by atoms with Crippen LogP contribution in [-0.2, 0) is 9.53 Å². The number of amides is 2. The fraction of sp³-hybridized carbons (Fsp3) is 0.529. The molecule has 120 valence electrons. The Balaban J connectivity index is 2.11. The van der Waals surface area contributed by atoms with Crippen molar-refractivity contribution in [1.29, 1.82) is 0 Å². The minimum atomic E-state index is -0.0969. The zero-order chi connectivity index (χ0) is 16.3. The van der Waals surface area contributed by atoms with E-state index in [-0.39, 0.29) is 29.9 Å². The van der Waals surface area contributed by atoms with Crippen LogP contribution in [-0.4, -0.2) is 42.0 Å². The number of anilines is 1. The van der Waals surface area contributed by atoms with Crippen molar-refractivity contribution in [2.24, 2.45) is 5.92 Å². The van der Waals surface area contributed by atoms with E-state index in [2.05, 4.69) is 5.32 Å². The number of morpholine rings is 1. The largest absolute Gasteiger partial charge is 0.372 e. The molecule has 5 heteroatoms. The van der Waals surface area contributed by atoms with Crippen LogP contribution in [0, 0.1) is 5.92 Å². The molecule has 1 fully saturated rings. The SMILES string of the molecule is CC1CN(C(=O)c2cccc(NC(=O)C(C)C)c2)CC(C)O1. The molecule has 22 heavy (non-hydrogen) atoms. The summed E-state index contributed by atoms with van der Waals surface area (Å²) in [4.78, 5) is 26.2. The van der Waals surface area contributed by atoms with Gasteiger partial charge in [-0.1, -0.05) is 19.9 Å². The molecule has 0 aromatic heterocycles. The standard InChI is InChI=1S/C17H24N2O3/c1-11(2)16(20)18-15-7-5-6-14(8-15)17(21)19-9-12(3)22-13(4)10-19/h5-8,11-13H,9-10H2,1-4H3,(H,18,20). The first kappa shape index (κ1) is 16.5. The predicted octanol–water partition coefficient (Wildman–Crippen LogP) is 2.53. The highest BCUT2D eigenvalue weighted by Gasteiger charge is 2.26. The van der Waals surface area contributed by atoms with E-state index in [1.165, 1.54) is 0 Å². The van der Waals surface area contributed by atoms with Crippen molar-refractivity contribution in [3.05, 3.63) is 29.8 Å². The lowest BCUT2D eigenvalue weighted by molar-refractivity contribution is -0.118. The van der Waals surface area contributed by atoms with Gasteiger partial charge >= 0.3 is 0 Å². The third kappa shape index (κ3) is 4.07. The first-order valence-electron chi connectivity index (χ1n) is 7.72. The number of nitrogens with zero attached hydrogens (tertiary/aromatic N) is 1. The van der Waals surface area contributed by atoms with Gasteiger partial charge in [0.15, 0.2) is 0 Å². The number of ether oxygens (including phenoxy) is 1. The van der Waals surface area contributed by atoms with E-state index in [0.717, 1.165) is 0 Å². The van der Waals surface area contributed by atoms with Gasteiger partial charge in [0.05, 0.1) is 12.2 Å². The molecule has 2 atom stereocenters. The third-order valence-corrected chi connectivity index (χ3v) is 3.61. The quantitative estimate of drug-likeness (QED) is 0.933. The number of carbonyl (C=O) groups excluding carboxylic acids is 2. The molecule has 1 N–H and O–H groups in total. The molecular formula is C17H24N2O3. The monoisotopic (exact) mass is 304 g/mol. The van der Waals surface area contributed by atoms with Crippen molar-refractivity contribution < 1.29 is 14.3 Å². The fourth-order valence-corrected chi connectivity index (χ4v) is 2.54. The van der Waals surface area contributed by atoms with Gasteiger partial charge in [0, 0.05) is 30.3 Å². The maximum absolute atomic E-state index is 12.6. The van der Waals surface area contributed by atoms with Gasteiger partial charge in [0.25, 0.3) is 5.91 Å². The van der Waals surface area contributed by atoms with Crippen molar-refractivity contribution in [2.45, 2.75) is 39.9 Å². The highest BCUT2D eigenvalue weighted by Crippen LogP contribution is 2.17. The van der Waals surface area contributed by atoms with Gasteiger partial charge in [-0.15, -0.1) is 0 Å². The summed E-state index contributed by atoms with van der Waals surface area (Å²) >= 11 is 0. The van der Waals surface area contributed by atoms with Crippen molar-refractivity contribution in [2.75, 3.05) is 18.4 Å². The molecule has 5 nitrogen and oxygen atoms in total. The van der Waals surface area contributed by atoms with Gasteiger partial charge in [-0.3, -0.25) is 9.59 Å². The Morgan fingerprint density at radius 1 is 1.23 bits per heavy atom. The molecule has 0 radical (unpaired) electrons. The van der Waals surface area contributed by atoms with Crippen LogP contribution in [0.25, 0.3) is 0 Å². The van der Waals surface area contributed by atoms with E-state index in [1.54, 1.807) is 24.3 Å². The van der Waals surface area contributed by atoms with Crippen LogP contribution in [0.15, 0.2) is 24.3 Å². The molecule has 1 aliphatic heterocycles. The van der Waals surface area contributed by atoms with Gasteiger partial charge in [0.2, 0.25) is 5.91 Å². The van der Waals surface area contributed by atoms with Gasteiger partial charge < -0.3 is 15.0 Å². The molecule has 0 spiro atoms. The minimum absolute atomic E-state index is 0.0253. The number of hydrogen-bond donors (Lipinski definition) is 1. The Bertz CT molecular complexity index is 547. The second-order valence-electron chi connectivity index (χ2n) is 6.19. The molecule has 1 saturated heterocycles. The van der Waals surface area contributed by atoms with E-state index < -0.39 is 0 Å². The first-order chi connectivity index (χ1) is 10.4. The van der Waals surface area contributed by atoms with Crippen LogP contribution in [0.1, 0.15) is 38.1 Å². The second-order valence-corrected chi connectivity index (χ2v) is 6.19. The molecule has 2 amide bonds. The molecule has 2 rings (SSSR count). The van der Waals surface area contributed by atoms with E-state index in [1.807, 2.05) is 32.6 Å². The lowest BCUT2D eigenvalue weighted by Gasteiger charge is -2.35. The summed E-state index contributed by atoms with van der Waals surface area (Å²) in [6.45, 7) is 8.78. The normalized spacial score (nSPS) is 21.8. The summed E-state index contributed by atoms with van der Waals surface area (Å²) in [5.74, 6) is -0.179. The van der Waals surface area contributed by atoms with E-state index in [4.69, 9.17) is 4.74 Å². The average Bonchev–Trinajstić information content (AvgIpc) is 2.45. The highest BCUT2D eigenvalue weighted by atomic mass is 16.5. The molecule has 1 aromatic carbocycles. The molecular weight excluding hydrogens is 280 g/mol. The maximum atomic E-state index is 12.6. The summed E-state index contributed by atoms with van der Waals surface area (Å²) in [5, 5.41) is 2.82. The topological polar surface area (TPSA) is 58.6 Å². The number of hydrogen-bond acceptors (Lipinski definition) is 3. The van der Waals surface area contributed by atoms with Crippen molar-refractivity contribution in [3.8, 4) is 0 Å². The highest BCUT2D eigenvalue weighted by molar-refractivity contribution is 5.97.